The van der Waals surface area contributed by atoms with E-state index in [2.05, 4.69) is 16.8 Å². The van der Waals surface area contributed by atoms with Crippen molar-refractivity contribution >= 4 is 16.9 Å². The summed E-state index contributed by atoms with van der Waals surface area (Å²) in [6, 6.07) is 0. The van der Waals surface area contributed by atoms with Crippen LogP contribution in [0.15, 0.2) is 4.99 Å². The third kappa shape index (κ3) is 1.42. The first-order chi connectivity index (χ1) is 4.88. The molecular weight excluding hydrogens is 146 g/mol. The van der Waals surface area contributed by atoms with Gasteiger partial charge in [0.05, 0.1) is 0 Å². The number of thioether (sulfide) groups is 1. The molecule has 0 unspecified atom stereocenters. The van der Waals surface area contributed by atoms with E-state index in [1.807, 2.05) is 0 Å². The lowest BCUT2D eigenvalue weighted by atomic mass is 10.6. The number of hydrogen-bond acceptors (Lipinski definition) is 3. The van der Waals surface area contributed by atoms with E-state index in [4.69, 9.17) is 5.26 Å². The van der Waals surface area contributed by atoms with Crippen molar-refractivity contribution < 1.29 is 0 Å². The van der Waals surface area contributed by atoms with Crippen molar-refractivity contribution in [1.82, 2.24) is 4.90 Å². The van der Waals surface area contributed by atoms with Gasteiger partial charge in [-0.05, 0) is 6.92 Å². The van der Waals surface area contributed by atoms with Gasteiger partial charge in [-0.2, -0.15) is 5.26 Å². The molecule has 1 heterocycles. The predicted octanol–water partition coefficient (Wildman–Crippen LogP) is 0.892. The average Bonchev–Trinajstić information content (AvgIpc) is 2.36. The molecule has 0 aromatic rings. The van der Waals surface area contributed by atoms with E-state index in [9.17, 15) is 0 Å². The molecule has 54 valence electrons. The van der Waals surface area contributed by atoms with Crippen LogP contribution < -0.4 is 0 Å². The summed E-state index contributed by atoms with van der Waals surface area (Å²) in [5.74, 6) is 1.06. The average molecular weight is 155 g/mol. The lowest BCUT2D eigenvalue weighted by Gasteiger charge is -2.12. The number of amidine groups is 1. The van der Waals surface area contributed by atoms with Crippen molar-refractivity contribution in [3.8, 4) is 6.19 Å². The topological polar surface area (TPSA) is 39.4 Å². The fraction of sp³-hybridized carbons (Fsp3) is 0.667. The molecule has 10 heavy (non-hydrogen) atoms. The summed E-state index contributed by atoms with van der Waals surface area (Å²) in [6.45, 7) is 4.05. The molecule has 1 saturated heterocycles. The maximum absolute atomic E-state index is 8.26. The maximum Gasteiger partial charge on any atom is 0.208 e. The molecule has 1 aliphatic rings. The molecule has 0 amide bonds. The standard InChI is InChI=1S/C6H9N3S/c1-2-9-3-4-10-6(9)8-5-7/h2-4H2,1H3. The van der Waals surface area contributed by atoms with E-state index < -0.39 is 0 Å². The Morgan fingerprint density at radius 3 is 3.30 bits per heavy atom. The zero-order valence-electron chi connectivity index (χ0n) is 5.87. The first kappa shape index (κ1) is 7.42. The van der Waals surface area contributed by atoms with E-state index in [0.717, 1.165) is 24.0 Å². The van der Waals surface area contributed by atoms with Crippen molar-refractivity contribution in [3.05, 3.63) is 0 Å². The Kier molecular flexibility index (Phi) is 2.57. The molecule has 0 bridgehead atoms. The van der Waals surface area contributed by atoms with E-state index in [0.29, 0.717) is 0 Å². The van der Waals surface area contributed by atoms with Crippen LogP contribution in [-0.4, -0.2) is 28.9 Å². The summed E-state index contributed by atoms with van der Waals surface area (Å²) in [5.41, 5.74) is 0. The summed E-state index contributed by atoms with van der Waals surface area (Å²) in [6.07, 6.45) is 1.80. The lowest BCUT2D eigenvalue weighted by molar-refractivity contribution is 0.489. The molecule has 3 nitrogen and oxygen atoms in total. The van der Waals surface area contributed by atoms with Crippen LogP contribution in [0, 0.1) is 11.5 Å². The van der Waals surface area contributed by atoms with Gasteiger partial charge < -0.3 is 4.90 Å². The molecule has 0 radical (unpaired) electrons. The Labute approximate surface area is 64.7 Å². The molecule has 0 aliphatic carbocycles. The molecule has 4 heteroatoms. The molecule has 0 saturated carbocycles. The summed E-state index contributed by atoms with van der Waals surface area (Å²) < 4.78 is 0. The smallest absolute Gasteiger partial charge is 0.208 e. The number of aliphatic imine (C=N–C) groups is 1. The van der Waals surface area contributed by atoms with Gasteiger partial charge in [0, 0.05) is 18.8 Å². The third-order valence-corrected chi connectivity index (χ3v) is 2.38. The molecule has 0 N–H and O–H groups in total. The van der Waals surface area contributed by atoms with Crippen LogP contribution in [0.2, 0.25) is 0 Å². The highest BCUT2D eigenvalue weighted by Gasteiger charge is 2.16. The van der Waals surface area contributed by atoms with E-state index in [1.165, 1.54) is 0 Å². The largest absolute Gasteiger partial charge is 0.350 e. The van der Waals surface area contributed by atoms with E-state index in [-0.39, 0.29) is 0 Å². The van der Waals surface area contributed by atoms with Gasteiger partial charge in [0.15, 0.2) is 5.17 Å². The van der Waals surface area contributed by atoms with Gasteiger partial charge in [-0.1, -0.05) is 11.8 Å². The molecule has 0 spiro atoms. The van der Waals surface area contributed by atoms with Crippen LogP contribution in [0.5, 0.6) is 0 Å². The minimum absolute atomic E-state index is 0.880. The Balaban J connectivity index is 2.60. The van der Waals surface area contributed by atoms with Gasteiger partial charge in [-0.15, -0.1) is 4.99 Å². The highest BCUT2D eigenvalue weighted by atomic mass is 32.2. The van der Waals surface area contributed by atoms with E-state index >= 15 is 0 Å². The molecule has 1 fully saturated rings. The molecule has 0 aromatic heterocycles. The number of hydrogen-bond donors (Lipinski definition) is 0. The van der Waals surface area contributed by atoms with Gasteiger partial charge >= 0.3 is 0 Å². The second-order valence-corrected chi connectivity index (χ2v) is 2.98. The molecule has 0 atom stereocenters. The minimum Gasteiger partial charge on any atom is -0.350 e. The number of nitriles is 1. The summed E-state index contributed by atoms with van der Waals surface area (Å²) in [7, 11) is 0. The summed E-state index contributed by atoms with van der Waals surface area (Å²) in [4.78, 5) is 5.79. The Morgan fingerprint density at radius 1 is 1.90 bits per heavy atom. The van der Waals surface area contributed by atoms with Gasteiger partial charge in [0.1, 0.15) is 0 Å². The molecule has 0 aromatic carbocycles. The number of rotatable bonds is 1. The predicted molar refractivity (Wildman–Crippen MR) is 42.8 cm³/mol. The van der Waals surface area contributed by atoms with Gasteiger partial charge in [-0.3, -0.25) is 0 Å². The van der Waals surface area contributed by atoms with Crippen LogP contribution in [0.4, 0.5) is 0 Å². The van der Waals surface area contributed by atoms with E-state index in [1.54, 1.807) is 18.0 Å². The Morgan fingerprint density at radius 2 is 2.70 bits per heavy atom. The Bertz CT molecular complexity index is 182. The van der Waals surface area contributed by atoms with Crippen LogP contribution in [0.3, 0.4) is 0 Å². The van der Waals surface area contributed by atoms with Gasteiger partial charge in [-0.25, -0.2) is 0 Å². The zero-order valence-corrected chi connectivity index (χ0v) is 6.69. The fourth-order valence-corrected chi connectivity index (χ4v) is 1.88. The van der Waals surface area contributed by atoms with Gasteiger partial charge in [0.2, 0.25) is 6.19 Å². The summed E-state index contributed by atoms with van der Waals surface area (Å²) >= 11 is 1.65. The first-order valence-electron chi connectivity index (χ1n) is 3.23. The van der Waals surface area contributed by atoms with Crippen molar-refractivity contribution in [1.29, 1.82) is 5.26 Å². The van der Waals surface area contributed by atoms with Crippen molar-refractivity contribution in [3.63, 3.8) is 0 Å². The second-order valence-electron chi connectivity index (χ2n) is 1.92. The van der Waals surface area contributed by atoms with Crippen molar-refractivity contribution in [2.45, 2.75) is 6.92 Å². The monoisotopic (exact) mass is 155 g/mol. The van der Waals surface area contributed by atoms with Crippen LogP contribution in [0.1, 0.15) is 6.92 Å². The van der Waals surface area contributed by atoms with Crippen LogP contribution in [-0.2, 0) is 0 Å². The van der Waals surface area contributed by atoms with Crippen molar-refractivity contribution in [2.75, 3.05) is 18.8 Å². The zero-order chi connectivity index (χ0) is 7.40. The quantitative estimate of drug-likeness (QED) is 0.528. The van der Waals surface area contributed by atoms with Crippen molar-refractivity contribution in [2.24, 2.45) is 4.99 Å². The second kappa shape index (κ2) is 3.47. The molecular formula is C6H9N3S. The van der Waals surface area contributed by atoms with Gasteiger partial charge in [0.25, 0.3) is 0 Å². The number of nitrogens with zero attached hydrogens (tertiary/aromatic N) is 3. The first-order valence-corrected chi connectivity index (χ1v) is 4.21. The highest BCUT2D eigenvalue weighted by Crippen LogP contribution is 2.16. The Hall–Kier alpha value is -0.690. The van der Waals surface area contributed by atoms with Crippen LogP contribution in [0.25, 0.3) is 0 Å². The third-order valence-electron chi connectivity index (χ3n) is 1.39. The van der Waals surface area contributed by atoms with Crippen LogP contribution >= 0.6 is 11.8 Å². The lowest BCUT2D eigenvalue weighted by Crippen LogP contribution is -2.23. The molecule has 1 aliphatic heterocycles. The minimum atomic E-state index is 0.880. The fourth-order valence-electron chi connectivity index (χ4n) is 0.873. The SMILES string of the molecule is CCN1CCSC1=NC#N. The maximum atomic E-state index is 8.26. The molecule has 1 rings (SSSR count). The highest BCUT2D eigenvalue weighted by molar-refractivity contribution is 8.14. The summed E-state index contributed by atoms with van der Waals surface area (Å²) in [5, 5.41) is 9.14. The normalized spacial score (nSPS) is 21.6.